The number of rotatable bonds is 3. The fourth-order valence-corrected chi connectivity index (χ4v) is 2.14. The zero-order chi connectivity index (χ0) is 12.3. The molecular weight excluding hydrogens is 346 g/mol. The van der Waals surface area contributed by atoms with Crippen LogP contribution < -0.4 is 5.32 Å². The third kappa shape index (κ3) is 3.48. The normalized spacial score (nSPS) is 10.2. The van der Waals surface area contributed by atoms with Gasteiger partial charge in [-0.15, -0.1) is 0 Å². The molecule has 2 nitrogen and oxygen atoms in total. The van der Waals surface area contributed by atoms with Gasteiger partial charge in [-0.2, -0.15) is 0 Å². The summed E-state index contributed by atoms with van der Waals surface area (Å²) in [6.07, 6.45) is 0. The second kappa shape index (κ2) is 5.56. The molecule has 0 atom stereocenters. The van der Waals surface area contributed by atoms with Gasteiger partial charge in [-0.05, 0) is 61.7 Å². The number of phenolic OH excluding ortho intramolecular Hbond substituents is 1. The van der Waals surface area contributed by atoms with Gasteiger partial charge in [-0.25, -0.2) is 0 Å². The van der Waals surface area contributed by atoms with E-state index in [1.54, 1.807) is 12.1 Å². The van der Waals surface area contributed by atoms with Gasteiger partial charge < -0.3 is 10.4 Å². The van der Waals surface area contributed by atoms with E-state index in [1.165, 1.54) is 5.56 Å². The maximum Gasteiger partial charge on any atom is 0.117 e. The number of hydrogen-bond donors (Lipinski definition) is 2. The van der Waals surface area contributed by atoms with Crippen molar-refractivity contribution in [1.82, 2.24) is 0 Å². The van der Waals surface area contributed by atoms with Crippen molar-refractivity contribution in [3.05, 3.63) is 57.0 Å². The van der Waals surface area contributed by atoms with Crippen molar-refractivity contribution < 1.29 is 5.11 Å². The summed E-state index contributed by atoms with van der Waals surface area (Å²) in [6.45, 7) is 0.718. The first-order valence-corrected chi connectivity index (χ1v) is 6.70. The predicted molar refractivity (Wildman–Crippen MR) is 77.3 cm³/mol. The smallest absolute Gasteiger partial charge is 0.117 e. The number of hydrogen-bond acceptors (Lipinski definition) is 2. The Morgan fingerprint density at radius 3 is 2.53 bits per heavy atom. The molecule has 0 amide bonds. The van der Waals surface area contributed by atoms with Crippen molar-refractivity contribution in [3.8, 4) is 5.75 Å². The summed E-state index contributed by atoms with van der Waals surface area (Å²) in [5.41, 5.74) is 2.08. The maximum absolute atomic E-state index is 9.34. The van der Waals surface area contributed by atoms with E-state index < -0.39 is 0 Å². The molecule has 0 saturated carbocycles. The Kier molecular flexibility index (Phi) is 4.07. The molecule has 4 heteroatoms. The van der Waals surface area contributed by atoms with Crippen LogP contribution in [-0.2, 0) is 6.54 Å². The van der Waals surface area contributed by atoms with E-state index in [0.29, 0.717) is 0 Å². The molecule has 0 aliphatic rings. The standard InChI is InChI=1S/C13H11Br2NO/c14-12-5-4-9(6-13(12)15)8-16-10-2-1-3-11(17)7-10/h1-7,16-17H,8H2. The highest BCUT2D eigenvalue weighted by Gasteiger charge is 1.99. The van der Waals surface area contributed by atoms with Gasteiger partial charge in [0, 0.05) is 27.2 Å². The van der Waals surface area contributed by atoms with Crippen LogP contribution >= 0.6 is 31.9 Å². The highest BCUT2D eigenvalue weighted by molar-refractivity contribution is 9.13. The summed E-state index contributed by atoms with van der Waals surface area (Å²) in [5.74, 6) is 0.270. The van der Waals surface area contributed by atoms with Crippen molar-refractivity contribution in [2.24, 2.45) is 0 Å². The second-order valence-electron chi connectivity index (χ2n) is 3.65. The van der Waals surface area contributed by atoms with Crippen LogP contribution in [0.2, 0.25) is 0 Å². The number of phenols is 1. The Morgan fingerprint density at radius 2 is 1.82 bits per heavy atom. The fraction of sp³-hybridized carbons (Fsp3) is 0.0769. The molecule has 2 aromatic carbocycles. The van der Waals surface area contributed by atoms with Gasteiger partial charge >= 0.3 is 0 Å². The van der Waals surface area contributed by atoms with Crippen LogP contribution in [0, 0.1) is 0 Å². The number of aromatic hydroxyl groups is 1. The molecule has 0 aliphatic carbocycles. The van der Waals surface area contributed by atoms with E-state index in [0.717, 1.165) is 21.2 Å². The average Bonchev–Trinajstić information content (AvgIpc) is 2.31. The van der Waals surface area contributed by atoms with Crippen LogP contribution in [0.25, 0.3) is 0 Å². The lowest BCUT2D eigenvalue weighted by Gasteiger charge is -2.07. The van der Waals surface area contributed by atoms with Crippen LogP contribution in [0.15, 0.2) is 51.4 Å². The monoisotopic (exact) mass is 355 g/mol. The van der Waals surface area contributed by atoms with Crippen LogP contribution in [0.4, 0.5) is 5.69 Å². The summed E-state index contributed by atoms with van der Waals surface area (Å²) in [5, 5.41) is 12.6. The Labute approximate surface area is 117 Å². The second-order valence-corrected chi connectivity index (χ2v) is 5.36. The number of anilines is 1. The molecule has 0 fully saturated rings. The van der Waals surface area contributed by atoms with Crippen molar-refractivity contribution in [2.75, 3.05) is 5.32 Å². The zero-order valence-electron chi connectivity index (χ0n) is 8.95. The van der Waals surface area contributed by atoms with E-state index in [2.05, 4.69) is 43.2 Å². The lowest BCUT2D eigenvalue weighted by Crippen LogP contribution is -1.98. The van der Waals surface area contributed by atoms with Gasteiger partial charge in [-0.3, -0.25) is 0 Å². The lowest BCUT2D eigenvalue weighted by molar-refractivity contribution is 0.475. The van der Waals surface area contributed by atoms with E-state index in [9.17, 15) is 5.11 Å². The Bertz CT molecular complexity index is 529. The highest BCUT2D eigenvalue weighted by Crippen LogP contribution is 2.24. The average molecular weight is 357 g/mol. The molecule has 0 aliphatic heterocycles. The molecule has 0 heterocycles. The molecule has 2 N–H and O–H groups in total. The molecule has 17 heavy (non-hydrogen) atoms. The molecule has 0 aromatic heterocycles. The molecule has 2 aromatic rings. The molecular formula is C13H11Br2NO. The minimum atomic E-state index is 0.270. The van der Waals surface area contributed by atoms with E-state index in [-0.39, 0.29) is 5.75 Å². The summed E-state index contributed by atoms with van der Waals surface area (Å²) in [7, 11) is 0. The van der Waals surface area contributed by atoms with Crippen molar-refractivity contribution >= 4 is 37.5 Å². The largest absolute Gasteiger partial charge is 0.508 e. The Morgan fingerprint density at radius 1 is 1.00 bits per heavy atom. The van der Waals surface area contributed by atoms with Gasteiger partial charge in [0.1, 0.15) is 5.75 Å². The summed E-state index contributed by atoms with van der Waals surface area (Å²) in [4.78, 5) is 0. The first kappa shape index (κ1) is 12.5. The van der Waals surface area contributed by atoms with Crippen molar-refractivity contribution in [1.29, 1.82) is 0 Å². The molecule has 0 spiro atoms. The molecule has 88 valence electrons. The summed E-state index contributed by atoms with van der Waals surface area (Å²) >= 11 is 6.90. The topological polar surface area (TPSA) is 32.3 Å². The minimum Gasteiger partial charge on any atom is -0.508 e. The molecule has 0 saturated heterocycles. The third-order valence-electron chi connectivity index (χ3n) is 2.33. The molecule has 2 rings (SSSR count). The van der Waals surface area contributed by atoms with Crippen molar-refractivity contribution in [3.63, 3.8) is 0 Å². The number of halogens is 2. The number of benzene rings is 2. The predicted octanol–water partition coefficient (Wildman–Crippen LogP) is 4.53. The van der Waals surface area contributed by atoms with Crippen LogP contribution in [0.5, 0.6) is 5.75 Å². The first-order valence-electron chi connectivity index (χ1n) is 5.12. The van der Waals surface area contributed by atoms with Crippen molar-refractivity contribution in [2.45, 2.75) is 6.54 Å². The van der Waals surface area contributed by atoms with Gasteiger partial charge in [0.15, 0.2) is 0 Å². The van der Waals surface area contributed by atoms with Crippen LogP contribution in [0.1, 0.15) is 5.56 Å². The molecule has 0 bridgehead atoms. The molecule has 0 radical (unpaired) electrons. The van der Waals surface area contributed by atoms with E-state index >= 15 is 0 Å². The highest BCUT2D eigenvalue weighted by atomic mass is 79.9. The third-order valence-corrected chi connectivity index (χ3v) is 4.21. The van der Waals surface area contributed by atoms with Crippen LogP contribution in [0.3, 0.4) is 0 Å². The lowest BCUT2D eigenvalue weighted by atomic mass is 10.2. The molecule has 0 unspecified atom stereocenters. The van der Waals surface area contributed by atoms with Gasteiger partial charge in [0.2, 0.25) is 0 Å². The van der Waals surface area contributed by atoms with Gasteiger partial charge in [0.05, 0.1) is 0 Å². The van der Waals surface area contributed by atoms with E-state index in [4.69, 9.17) is 0 Å². The zero-order valence-corrected chi connectivity index (χ0v) is 12.1. The SMILES string of the molecule is Oc1cccc(NCc2ccc(Br)c(Br)c2)c1. The van der Waals surface area contributed by atoms with Gasteiger partial charge in [0.25, 0.3) is 0 Å². The van der Waals surface area contributed by atoms with Crippen LogP contribution in [-0.4, -0.2) is 5.11 Å². The first-order chi connectivity index (χ1) is 8.15. The summed E-state index contributed by atoms with van der Waals surface area (Å²) < 4.78 is 2.08. The van der Waals surface area contributed by atoms with E-state index in [1.807, 2.05) is 24.3 Å². The number of nitrogens with one attached hydrogen (secondary N) is 1. The van der Waals surface area contributed by atoms with Gasteiger partial charge in [-0.1, -0.05) is 12.1 Å². The Hall–Kier alpha value is -1.000. The fourth-order valence-electron chi connectivity index (χ4n) is 1.47. The Balaban J connectivity index is 2.05. The quantitative estimate of drug-likeness (QED) is 0.846. The summed E-state index contributed by atoms with van der Waals surface area (Å²) in [6, 6.07) is 13.2. The maximum atomic E-state index is 9.34. The minimum absolute atomic E-state index is 0.270.